The lowest BCUT2D eigenvalue weighted by Gasteiger charge is -1.91. The van der Waals surface area contributed by atoms with Gasteiger partial charge in [0.05, 0.1) is 22.0 Å². The number of benzene rings is 1. The lowest BCUT2D eigenvalue weighted by molar-refractivity contribution is 0.100. The van der Waals surface area contributed by atoms with E-state index in [0.717, 1.165) is 15.3 Å². The van der Waals surface area contributed by atoms with E-state index in [1.54, 1.807) is 10.9 Å². The van der Waals surface area contributed by atoms with Crippen LogP contribution in [0.25, 0.3) is 15.3 Å². The fourth-order valence-electron chi connectivity index (χ4n) is 1.51. The standard InChI is InChI=1S/C11H8N4OS/c12-10(16)7-5-13-15(6-7)11-14-8-3-1-2-4-9(8)17-11/h1-6H,(H2,12,16). The number of nitrogens with two attached hydrogens (primary N) is 1. The number of fused-ring (bicyclic) bond motifs is 1. The lowest BCUT2D eigenvalue weighted by atomic mass is 10.3. The van der Waals surface area contributed by atoms with Crippen molar-refractivity contribution in [2.45, 2.75) is 0 Å². The van der Waals surface area contributed by atoms with Gasteiger partial charge in [-0.15, -0.1) is 0 Å². The number of amides is 1. The van der Waals surface area contributed by atoms with Crippen molar-refractivity contribution in [2.24, 2.45) is 5.73 Å². The Kier molecular flexibility index (Phi) is 2.15. The van der Waals surface area contributed by atoms with E-state index in [1.165, 1.54) is 17.5 Å². The van der Waals surface area contributed by atoms with E-state index < -0.39 is 5.91 Å². The van der Waals surface area contributed by atoms with E-state index in [0.29, 0.717) is 5.56 Å². The normalized spacial score (nSPS) is 10.8. The van der Waals surface area contributed by atoms with Crippen molar-refractivity contribution in [3.05, 3.63) is 42.2 Å². The first-order valence-electron chi connectivity index (χ1n) is 4.94. The second-order valence-electron chi connectivity index (χ2n) is 3.50. The molecule has 2 heterocycles. The first kappa shape index (κ1) is 9.98. The van der Waals surface area contributed by atoms with Gasteiger partial charge in [0.2, 0.25) is 5.13 Å². The minimum atomic E-state index is -0.489. The molecule has 2 N–H and O–H groups in total. The Morgan fingerprint density at radius 3 is 2.88 bits per heavy atom. The summed E-state index contributed by atoms with van der Waals surface area (Å²) in [4.78, 5) is 15.4. The number of carbonyl (C=O) groups is 1. The smallest absolute Gasteiger partial charge is 0.251 e. The first-order valence-corrected chi connectivity index (χ1v) is 5.76. The van der Waals surface area contributed by atoms with Crippen LogP contribution in [0, 0.1) is 0 Å². The first-order chi connectivity index (χ1) is 8.24. The average molecular weight is 244 g/mol. The highest BCUT2D eigenvalue weighted by molar-refractivity contribution is 7.20. The van der Waals surface area contributed by atoms with Crippen molar-refractivity contribution in [3.8, 4) is 5.13 Å². The Morgan fingerprint density at radius 1 is 1.35 bits per heavy atom. The highest BCUT2D eigenvalue weighted by atomic mass is 32.1. The van der Waals surface area contributed by atoms with Crippen LogP contribution in [0.5, 0.6) is 0 Å². The molecule has 1 amide bonds. The summed E-state index contributed by atoms with van der Waals surface area (Å²) in [5.74, 6) is -0.489. The molecule has 0 fully saturated rings. The molecule has 0 aliphatic heterocycles. The van der Waals surface area contributed by atoms with Crippen LogP contribution in [-0.4, -0.2) is 20.7 Å². The Balaban J connectivity index is 2.10. The third-order valence-electron chi connectivity index (χ3n) is 2.35. The quantitative estimate of drug-likeness (QED) is 0.743. The summed E-state index contributed by atoms with van der Waals surface area (Å²) in [6.45, 7) is 0. The number of hydrogen-bond donors (Lipinski definition) is 1. The molecular formula is C11H8N4OS. The highest BCUT2D eigenvalue weighted by Gasteiger charge is 2.09. The van der Waals surface area contributed by atoms with Gasteiger partial charge < -0.3 is 5.73 Å². The monoisotopic (exact) mass is 244 g/mol. The maximum absolute atomic E-state index is 11.0. The number of primary amides is 1. The molecule has 2 aromatic heterocycles. The molecule has 84 valence electrons. The second-order valence-corrected chi connectivity index (χ2v) is 4.51. The predicted molar refractivity (Wildman–Crippen MR) is 65.3 cm³/mol. The molecule has 0 aliphatic rings. The maximum Gasteiger partial charge on any atom is 0.251 e. The molecule has 0 spiro atoms. The van der Waals surface area contributed by atoms with Crippen molar-refractivity contribution in [3.63, 3.8) is 0 Å². The fraction of sp³-hybridized carbons (Fsp3) is 0. The molecule has 0 bridgehead atoms. The lowest BCUT2D eigenvalue weighted by Crippen LogP contribution is -2.09. The van der Waals surface area contributed by atoms with Crippen molar-refractivity contribution in [1.29, 1.82) is 0 Å². The fourth-order valence-corrected chi connectivity index (χ4v) is 2.41. The van der Waals surface area contributed by atoms with Gasteiger partial charge in [-0.3, -0.25) is 4.79 Å². The van der Waals surface area contributed by atoms with Gasteiger partial charge in [-0.2, -0.15) is 5.10 Å². The Morgan fingerprint density at radius 2 is 2.18 bits per heavy atom. The van der Waals surface area contributed by atoms with Gasteiger partial charge in [-0.1, -0.05) is 23.5 Å². The van der Waals surface area contributed by atoms with E-state index in [4.69, 9.17) is 5.73 Å². The maximum atomic E-state index is 11.0. The van der Waals surface area contributed by atoms with E-state index in [1.807, 2.05) is 24.3 Å². The van der Waals surface area contributed by atoms with E-state index >= 15 is 0 Å². The molecule has 5 nitrogen and oxygen atoms in total. The summed E-state index contributed by atoms with van der Waals surface area (Å²) in [5.41, 5.74) is 6.47. The van der Waals surface area contributed by atoms with Crippen LogP contribution in [-0.2, 0) is 0 Å². The van der Waals surface area contributed by atoms with Crippen LogP contribution in [0.15, 0.2) is 36.7 Å². The molecule has 0 unspecified atom stereocenters. The molecule has 0 radical (unpaired) electrons. The molecule has 3 aromatic rings. The Hall–Kier alpha value is -2.21. The number of hydrogen-bond acceptors (Lipinski definition) is 4. The van der Waals surface area contributed by atoms with Gasteiger partial charge in [0.25, 0.3) is 5.91 Å². The molecule has 1 aromatic carbocycles. The SMILES string of the molecule is NC(=O)c1cnn(-c2nc3ccccc3s2)c1. The van der Waals surface area contributed by atoms with Crippen molar-refractivity contribution in [1.82, 2.24) is 14.8 Å². The number of carbonyl (C=O) groups excluding carboxylic acids is 1. The number of thiazole rings is 1. The van der Waals surface area contributed by atoms with Gasteiger partial charge in [-0.05, 0) is 12.1 Å². The van der Waals surface area contributed by atoms with E-state index in [2.05, 4.69) is 10.1 Å². The minimum Gasteiger partial charge on any atom is -0.366 e. The number of nitrogens with zero attached hydrogens (tertiary/aromatic N) is 3. The van der Waals surface area contributed by atoms with Crippen LogP contribution >= 0.6 is 11.3 Å². The van der Waals surface area contributed by atoms with Crippen LogP contribution < -0.4 is 5.73 Å². The van der Waals surface area contributed by atoms with Gasteiger partial charge in [0.1, 0.15) is 0 Å². The predicted octanol–water partition coefficient (Wildman–Crippen LogP) is 1.58. The zero-order valence-electron chi connectivity index (χ0n) is 8.70. The summed E-state index contributed by atoms with van der Waals surface area (Å²) in [5, 5.41) is 4.79. The van der Waals surface area contributed by atoms with Gasteiger partial charge in [0.15, 0.2) is 0 Å². The van der Waals surface area contributed by atoms with Crippen molar-refractivity contribution in [2.75, 3.05) is 0 Å². The molecule has 0 saturated carbocycles. The van der Waals surface area contributed by atoms with Crippen LogP contribution in [0.3, 0.4) is 0 Å². The minimum absolute atomic E-state index is 0.379. The molecule has 0 saturated heterocycles. The van der Waals surface area contributed by atoms with E-state index in [-0.39, 0.29) is 0 Å². The van der Waals surface area contributed by atoms with E-state index in [9.17, 15) is 4.79 Å². The summed E-state index contributed by atoms with van der Waals surface area (Å²) >= 11 is 1.51. The van der Waals surface area contributed by atoms with Crippen LogP contribution in [0.4, 0.5) is 0 Å². The molecule has 6 heteroatoms. The van der Waals surface area contributed by atoms with Crippen LogP contribution in [0.1, 0.15) is 10.4 Å². The van der Waals surface area contributed by atoms with Gasteiger partial charge >= 0.3 is 0 Å². The molecule has 3 rings (SSSR count). The summed E-state index contributed by atoms with van der Waals surface area (Å²) in [6, 6.07) is 7.83. The summed E-state index contributed by atoms with van der Waals surface area (Å²) < 4.78 is 2.64. The van der Waals surface area contributed by atoms with Crippen molar-refractivity contribution < 1.29 is 4.79 Å². The molecular weight excluding hydrogens is 236 g/mol. The average Bonchev–Trinajstić information content (AvgIpc) is 2.95. The second kappa shape index (κ2) is 3.67. The van der Waals surface area contributed by atoms with Gasteiger partial charge in [-0.25, -0.2) is 9.67 Å². The third kappa shape index (κ3) is 1.68. The molecule has 0 atom stereocenters. The Bertz CT molecular complexity index is 667. The Labute approximate surface area is 101 Å². The summed E-state index contributed by atoms with van der Waals surface area (Å²) in [6.07, 6.45) is 3.02. The molecule has 0 aliphatic carbocycles. The zero-order valence-corrected chi connectivity index (χ0v) is 9.52. The number of para-hydroxylation sites is 1. The zero-order chi connectivity index (χ0) is 11.8. The largest absolute Gasteiger partial charge is 0.366 e. The van der Waals surface area contributed by atoms with Crippen molar-refractivity contribution >= 4 is 27.5 Å². The number of rotatable bonds is 2. The topological polar surface area (TPSA) is 73.8 Å². The third-order valence-corrected chi connectivity index (χ3v) is 3.37. The molecule has 17 heavy (non-hydrogen) atoms. The number of aromatic nitrogens is 3. The van der Waals surface area contributed by atoms with Gasteiger partial charge in [0, 0.05) is 6.20 Å². The summed E-state index contributed by atoms with van der Waals surface area (Å²) in [7, 11) is 0. The van der Waals surface area contributed by atoms with Crippen LogP contribution in [0.2, 0.25) is 0 Å². The highest BCUT2D eigenvalue weighted by Crippen LogP contribution is 2.24.